The van der Waals surface area contributed by atoms with Crippen LogP contribution in [-0.4, -0.2) is 20.3 Å². The van der Waals surface area contributed by atoms with Gasteiger partial charge in [-0.2, -0.15) is 0 Å². The molecule has 1 aromatic carbocycles. The van der Waals surface area contributed by atoms with Crippen molar-refractivity contribution in [3.63, 3.8) is 0 Å². The van der Waals surface area contributed by atoms with E-state index in [2.05, 4.69) is 38.2 Å². The van der Waals surface area contributed by atoms with Crippen LogP contribution in [0.1, 0.15) is 45.6 Å². The molecule has 2 atom stereocenters. The van der Waals surface area contributed by atoms with Crippen molar-refractivity contribution in [3.8, 4) is 11.5 Å². The summed E-state index contributed by atoms with van der Waals surface area (Å²) in [6.45, 7) is 8.02. The monoisotopic (exact) mass is 291 g/mol. The van der Waals surface area contributed by atoms with Gasteiger partial charge in [0.05, 0.1) is 14.2 Å². The minimum Gasteiger partial charge on any atom is -0.493 e. The van der Waals surface area contributed by atoms with Crippen LogP contribution < -0.4 is 14.8 Å². The fourth-order valence-corrected chi connectivity index (χ4v) is 3.49. The van der Waals surface area contributed by atoms with Gasteiger partial charge >= 0.3 is 0 Å². The van der Waals surface area contributed by atoms with E-state index < -0.39 is 0 Å². The first kappa shape index (κ1) is 16.2. The van der Waals surface area contributed by atoms with Crippen molar-refractivity contribution in [2.45, 2.75) is 52.6 Å². The highest BCUT2D eigenvalue weighted by atomic mass is 16.5. The molecule has 3 heteroatoms. The van der Waals surface area contributed by atoms with E-state index in [0.717, 1.165) is 24.0 Å². The van der Waals surface area contributed by atoms with Crippen molar-refractivity contribution < 1.29 is 9.47 Å². The van der Waals surface area contributed by atoms with Gasteiger partial charge in [0.2, 0.25) is 0 Å². The number of rotatable bonds is 5. The molecule has 2 unspecified atom stereocenters. The molecule has 0 heterocycles. The Kier molecular flexibility index (Phi) is 5.15. The molecule has 0 amide bonds. The standard InChI is InChI=1S/C18H29NO2/c1-13-11-18(2,3)9-8-15(13)19-12-14-6-7-16(20-4)17(10-14)21-5/h6-7,10,13,15,19H,8-9,11-12H2,1-5H3. The van der Waals surface area contributed by atoms with Crippen LogP contribution in [0.2, 0.25) is 0 Å². The largest absolute Gasteiger partial charge is 0.493 e. The minimum atomic E-state index is 0.501. The van der Waals surface area contributed by atoms with Crippen LogP contribution in [0, 0.1) is 11.3 Å². The highest BCUT2D eigenvalue weighted by Crippen LogP contribution is 2.38. The van der Waals surface area contributed by atoms with E-state index in [-0.39, 0.29) is 0 Å². The SMILES string of the molecule is COc1ccc(CNC2CCC(C)(C)CC2C)cc1OC. The maximum absolute atomic E-state index is 5.36. The molecule has 1 aromatic rings. The lowest BCUT2D eigenvalue weighted by atomic mass is 9.70. The molecule has 0 bridgehead atoms. The van der Waals surface area contributed by atoms with E-state index in [0.29, 0.717) is 11.5 Å². The van der Waals surface area contributed by atoms with E-state index in [1.807, 2.05) is 6.07 Å². The van der Waals surface area contributed by atoms with Gasteiger partial charge in [-0.25, -0.2) is 0 Å². The highest BCUT2D eigenvalue weighted by molar-refractivity contribution is 5.42. The van der Waals surface area contributed by atoms with Gasteiger partial charge in [-0.1, -0.05) is 26.8 Å². The van der Waals surface area contributed by atoms with E-state index in [4.69, 9.17) is 9.47 Å². The van der Waals surface area contributed by atoms with Crippen LogP contribution in [0.25, 0.3) is 0 Å². The number of hydrogen-bond acceptors (Lipinski definition) is 3. The Labute approximate surface area is 129 Å². The second-order valence-corrected chi connectivity index (χ2v) is 7.06. The Morgan fingerprint density at radius 2 is 1.90 bits per heavy atom. The summed E-state index contributed by atoms with van der Waals surface area (Å²) in [5.41, 5.74) is 1.74. The van der Waals surface area contributed by atoms with Crippen molar-refractivity contribution in [1.29, 1.82) is 0 Å². The van der Waals surface area contributed by atoms with Crippen LogP contribution in [-0.2, 0) is 6.54 Å². The highest BCUT2D eigenvalue weighted by Gasteiger charge is 2.31. The average Bonchev–Trinajstić information content (AvgIpc) is 2.45. The van der Waals surface area contributed by atoms with E-state index in [9.17, 15) is 0 Å². The topological polar surface area (TPSA) is 30.5 Å². The summed E-state index contributed by atoms with van der Waals surface area (Å²) in [4.78, 5) is 0. The molecule has 1 saturated carbocycles. The Balaban J connectivity index is 1.94. The maximum atomic E-state index is 5.36. The van der Waals surface area contributed by atoms with Crippen LogP contribution in [0.5, 0.6) is 11.5 Å². The van der Waals surface area contributed by atoms with Gasteiger partial charge in [0.25, 0.3) is 0 Å². The van der Waals surface area contributed by atoms with Crippen molar-refractivity contribution >= 4 is 0 Å². The predicted octanol–water partition coefficient (Wildman–Crippen LogP) is 4.01. The lowest BCUT2D eigenvalue weighted by molar-refractivity contribution is 0.148. The van der Waals surface area contributed by atoms with Gasteiger partial charge in [0.15, 0.2) is 11.5 Å². The molecule has 21 heavy (non-hydrogen) atoms. The van der Waals surface area contributed by atoms with Crippen LogP contribution in [0.15, 0.2) is 18.2 Å². The lowest BCUT2D eigenvalue weighted by Crippen LogP contribution is -2.41. The van der Waals surface area contributed by atoms with Crippen molar-refractivity contribution in [3.05, 3.63) is 23.8 Å². The van der Waals surface area contributed by atoms with E-state index in [1.54, 1.807) is 14.2 Å². The molecule has 1 aliphatic carbocycles. The molecule has 118 valence electrons. The zero-order valence-electron chi connectivity index (χ0n) is 14.0. The minimum absolute atomic E-state index is 0.501. The molecule has 0 aromatic heterocycles. The quantitative estimate of drug-likeness (QED) is 0.889. The predicted molar refractivity (Wildman–Crippen MR) is 87.0 cm³/mol. The summed E-state index contributed by atoms with van der Waals surface area (Å²) in [5.74, 6) is 2.32. The number of hydrogen-bond donors (Lipinski definition) is 1. The zero-order chi connectivity index (χ0) is 15.5. The molecular weight excluding hydrogens is 262 g/mol. The Hall–Kier alpha value is -1.22. The van der Waals surface area contributed by atoms with Crippen molar-refractivity contribution in [1.82, 2.24) is 5.32 Å². The fraction of sp³-hybridized carbons (Fsp3) is 0.667. The second-order valence-electron chi connectivity index (χ2n) is 7.06. The van der Waals surface area contributed by atoms with Crippen molar-refractivity contribution in [2.24, 2.45) is 11.3 Å². The summed E-state index contributed by atoms with van der Waals surface area (Å²) in [6.07, 6.45) is 3.87. The number of ether oxygens (including phenoxy) is 2. The van der Waals surface area contributed by atoms with Gasteiger partial charge in [-0.3, -0.25) is 0 Å². The Bertz CT molecular complexity index is 470. The smallest absolute Gasteiger partial charge is 0.161 e. The summed E-state index contributed by atoms with van der Waals surface area (Å²) in [5, 5.41) is 3.72. The summed E-state index contributed by atoms with van der Waals surface area (Å²) < 4.78 is 10.6. The second kappa shape index (κ2) is 6.69. The number of benzene rings is 1. The number of nitrogens with one attached hydrogen (secondary N) is 1. The van der Waals surface area contributed by atoms with E-state index in [1.165, 1.54) is 24.8 Å². The van der Waals surface area contributed by atoms with Crippen LogP contribution in [0.4, 0.5) is 0 Å². The van der Waals surface area contributed by atoms with Gasteiger partial charge in [-0.15, -0.1) is 0 Å². The lowest BCUT2D eigenvalue weighted by Gasteiger charge is -2.39. The average molecular weight is 291 g/mol. The van der Waals surface area contributed by atoms with Gasteiger partial charge < -0.3 is 14.8 Å². The summed E-state index contributed by atoms with van der Waals surface area (Å²) in [7, 11) is 3.35. The molecular formula is C18H29NO2. The molecule has 0 spiro atoms. The molecule has 1 N–H and O–H groups in total. The first-order valence-electron chi connectivity index (χ1n) is 7.89. The Morgan fingerprint density at radius 3 is 2.52 bits per heavy atom. The van der Waals surface area contributed by atoms with Gasteiger partial charge in [0.1, 0.15) is 0 Å². The molecule has 1 fully saturated rings. The molecule has 0 radical (unpaired) electrons. The third-order valence-electron chi connectivity index (χ3n) is 4.71. The molecule has 2 rings (SSSR count). The zero-order valence-corrected chi connectivity index (χ0v) is 14.0. The first-order chi connectivity index (χ1) is 9.95. The van der Waals surface area contributed by atoms with Gasteiger partial charge in [-0.05, 0) is 48.3 Å². The molecule has 0 saturated heterocycles. The van der Waals surface area contributed by atoms with Crippen LogP contribution >= 0.6 is 0 Å². The summed E-state index contributed by atoms with van der Waals surface area (Å²) in [6, 6.07) is 6.75. The summed E-state index contributed by atoms with van der Waals surface area (Å²) >= 11 is 0. The maximum Gasteiger partial charge on any atom is 0.161 e. The van der Waals surface area contributed by atoms with Crippen LogP contribution in [0.3, 0.4) is 0 Å². The molecule has 1 aliphatic rings. The third-order valence-corrected chi connectivity index (χ3v) is 4.71. The van der Waals surface area contributed by atoms with Crippen molar-refractivity contribution in [2.75, 3.05) is 14.2 Å². The van der Waals surface area contributed by atoms with E-state index >= 15 is 0 Å². The Morgan fingerprint density at radius 1 is 1.19 bits per heavy atom. The normalized spacial score (nSPS) is 24.6. The fourth-order valence-electron chi connectivity index (χ4n) is 3.49. The number of methoxy groups -OCH3 is 2. The third kappa shape index (κ3) is 4.13. The van der Waals surface area contributed by atoms with Gasteiger partial charge in [0, 0.05) is 12.6 Å². The first-order valence-corrected chi connectivity index (χ1v) is 7.89. The molecule has 3 nitrogen and oxygen atoms in total. The molecule has 0 aliphatic heterocycles.